The minimum Gasteiger partial charge on any atom is -0.493 e. The molecule has 3 N–H and O–H groups in total. The number of hydrogen-bond acceptors (Lipinski definition) is 5. The lowest BCUT2D eigenvalue weighted by atomic mass is 10.1. The van der Waals surface area contributed by atoms with Crippen molar-refractivity contribution in [1.29, 1.82) is 0 Å². The highest BCUT2D eigenvalue weighted by atomic mass is 19.1. The van der Waals surface area contributed by atoms with Crippen LogP contribution < -0.4 is 20.5 Å². The van der Waals surface area contributed by atoms with E-state index in [0.717, 1.165) is 35.1 Å². The maximum atomic E-state index is 13.2. The number of anilines is 1. The summed E-state index contributed by atoms with van der Waals surface area (Å²) >= 11 is 0. The smallest absolute Gasteiger partial charge is 0.178 e. The Morgan fingerprint density at radius 1 is 1.18 bits per heavy atom. The van der Waals surface area contributed by atoms with Crippen LogP contribution in [-0.2, 0) is 0 Å². The molecule has 0 aliphatic rings. The Labute approximate surface area is 164 Å². The van der Waals surface area contributed by atoms with E-state index < -0.39 is 0 Å². The molecule has 1 atom stereocenters. The summed E-state index contributed by atoms with van der Waals surface area (Å²) in [6, 6.07) is 11.9. The van der Waals surface area contributed by atoms with Gasteiger partial charge in [0.05, 0.1) is 18.3 Å². The number of ether oxygens (including phenoxy) is 2. The lowest BCUT2D eigenvalue weighted by Crippen LogP contribution is -2.17. The zero-order valence-electron chi connectivity index (χ0n) is 16.5. The first-order valence-corrected chi connectivity index (χ1v) is 9.40. The Morgan fingerprint density at radius 3 is 2.61 bits per heavy atom. The summed E-state index contributed by atoms with van der Waals surface area (Å²) in [5.74, 6) is 1.35. The molecular formula is C22H26FN3O2. The Bertz CT molecular complexity index is 945. The topological polar surface area (TPSA) is 69.4 Å². The van der Waals surface area contributed by atoms with E-state index in [-0.39, 0.29) is 11.9 Å². The normalized spacial score (nSPS) is 12.0. The van der Waals surface area contributed by atoms with Crippen LogP contribution in [0.15, 0.2) is 42.5 Å². The summed E-state index contributed by atoms with van der Waals surface area (Å²) in [6.07, 6.45) is 1.90. The van der Waals surface area contributed by atoms with Crippen molar-refractivity contribution in [3.05, 3.63) is 54.0 Å². The SMILES string of the molecule is COc1cc(NC(C)CCCN)c2nc(C)ccc2c1Oc1ccc(F)cc1. The lowest BCUT2D eigenvalue weighted by molar-refractivity contribution is 0.381. The third-order valence-corrected chi connectivity index (χ3v) is 4.53. The van der Waals surface area contributed by atoms with Crippen molar-refractivity contribution in [2.75, 3.05) is 19.0 Å². The molecule has 1 heterocycles. The van der Waals surface area contributed by atoms with Crippen LogP contribution in [0.5, 0.6) is 17.2 Å². The average molecular weight is 383 g/mol. The van der Waals surface area contributed by atoms with E-state index in [2.05, 4.69) is 12.2 Å². The molecule has 0 bridgehead atoms. The van der Waals surface area contributed by atoms with Crippen molar-refractivity contribution in [3.8, 4) is 17.2 Å². The monoisotopic (exact) mass is 383 g/mol. The molecule has 3 aromatic rings. The van der Waals surface area contributed by atoms with Crippen LogP contribution in [0.2, 0.25) is 0 Å². The number of fused-ring (bicyclic) bond motifs is 1. The van der Waals surface area contributed by atoms with Crippen LogP contribution in [0.1, 0.15) is 25.5 Å². The number of halogens is 1. The molecule has 0 fully saturated rings. The van der Waals surface area contributed by atoms with Gasteiger partial charge < -0.3 is 20.5 Å². The van der Waals surface area contributed by atoms with E-state index in [1.165, 1.54) is 12.1 Å². The summed E-state index contributed by atoms with van der Waals surface area (Å²) < 4.78 is 24.9. The molecule has 0 spiro atoms. The Morgan fingerprint density at radius 2 is 1.93 bits per heavy atom. The highest BCUT2D eigenvalue weighted by molar-refractivity contribution is 5.97. The molecule has 0 aliphatic heterocycles. The summed E-state index contributed by atoms with van der Waals surface area (Å²) in [4.78, 5) is 4.72. The Balaban J connectivity index is 2.06. The highest BCUT2D eigenvalue weighted by Crippen LogP contribution is 2.42. The molecule has 3 rings (SSSR count). The summed E-state index contributed by atoms with van der Waals surface area (Å²) in [5.41, 5.74) is 8.22. The number of aryl methyl sites for hydroxylation is 1. The van der Waals surface area contributed by atoms with Crippen molar-refractivity contribution < 1.29 is 13.9 Å². The number of benzene rings is 2. The molecule has 0 saturated heterocycles. The van der Waals surface area contributed by atoms with Crippen LogP contribution in [-0.4, -0.2) is 24.7 Å². The molecule has 5 nitrogen and oxygen atoms in total. The second kappa shape index (κ2) is 8.89. The van der Waals surface area contributed by atoms with Crippen LogP contribution in [0, 0.1) is 12.7 Å². The standard InChI is InChI=1S/C22H26FN3O2/c1-14(5-4-12-24)25-19-13-20(27-3)22(18-11-6-15(2)26-21(18)19)28-17-9-7-16(23)8-10-17/h6-11,13-14,25H,4-5,12,24H2,1-3H3. The summed E-state index contributed by atoms with van der Waals surface area (Å²) in [7, 11) is 1.60. The Hall–Kier alpha value is -2.86. The molecule has 2 aromatic carbocycles. The van der Waals surface area contributed by atoms with Gasteiger partial charge in [0.1, 0.15) is 11.6 Å². The van der Waals surface area contributed by atoms with Gasteiger partial charge >= 0.3 is 0 Å². The zero-order valence-corrected chi connectivity index (χ0v) is 16.5. The largest absolute Gasteiger partial charge is 0.493 e. The van der Waals surface area contributed by atoms with Crippen LogP contribution in [0.4, 0.5) is 10.1 Å². The van der Waals surface area contributed by atoms with E-state index in [1.807, 2.05) is 25.1 Å². The minimum atomic E-state index is -0.313. The predicted molar refractivity (Wildman–Crippen MR) is 111 cm³/mol. The van der Waals surface area contributed by atoms with Gasteiger partial charge in [-0.1, -0.05) is 0 Å². The maximum Gasteiger partial charge on any atom is 0.178 e. The molecule has 1 aromatic heterocycles. The fourth-order valence-electron chi connectivity index (χ4n) is 3.09. The van der Waals surface area contributed by atoms with Gasteiger partial charge in [-0.15, -0.1) is 0 Å². The van der Waals surface area contributed by atoms with E-state index in [1.54, 1.807) is 19.2 Å². The van der Waals surface area contributed by atoms with E-state index >= 15 is 0 Å². The van der Waals surface area contributed by atoms with Crippen molar-refractivity contribution in [2.45, 2.75) is 32.7 Å². The first-order valence-electron chi connectivity index (χ1n) is 9.40. The molecular weight excluding hydrogens is 357 g/mol. The molecule has 28 heavy (non-hydrogen) atoms. The highest BCUT2D eigenvalue weighted by Gasteiger charge is 2.17. The van der Waals surface area contributed by atoms with Gasteiger partial charge in [-0.2, -0.15) is 0 Å². The van der Waals surface area contributed by atoms with Crippen molar-refractivity contribution in [1.82, 2.24) is 4.98 Å². The molecule has 148 valence electrons. The van der Waals surface area contributed by atoms with E-state index in [9.17, 15) is 4.39 Å². The van der Waals surface area contributed by atoms with Crippen LogP contribution >= 0.6 is 0 Å². The van der Waals surface area contributed by atoms with E-state index in [4.69, 9.17) is 20.2 Å². The third kappa shape index (κ3) is 4.51. The number of nitrogens with zero attached hydrogens (tertiary/aromatic N) is 1. The lowest BCUT2D eigenvalue weighted by Gasteiger charge is -2.20. The Kier molecular flexibility index (Phi) is 6.31. The van der Waals surface area contributed by atoms with Gasteiger partial charge in [0, 0.05) is 23.2 Å². The van der Waals surface area contributed by atoms with Crippen molar-refractivity contribution in [3.63, 3.8) is 0 Å². The van der Waals surface area contributed by atoms with Gasteiger partial charge in [-0.25, -0.2) is 4.39 Å². The second-order valence-electron chi connectivity index (χ2n) is 6.84. The predicted octanol–water partition coefficient (Wildman–Crippen LogP) is 5.02. The number of nitrogens with two attached hydrogens (primary N) is 1. The summed E-state index contributed by atoms with van der Waals surface area (Å²) in [6.45, 7) is 4.73. The van der Waals surface area contributed by atoms with E-state index in [0.29, 0.717) is 23.8 Å². The number of rotatable bonds is 8. The maximum absolute atomic E-state index is 13.2. The van der Waals surface area contributed by atoms with Gasteiger partial charge in [0.25, 0.3) is 0 Å². The first kappa shape index (κ1) is 19.9. The van der Waals surface area contributed by atoms with Gasteiger partial charge in [0.2, 0.25) is 0 Å². The molecule has 0 radical (unpaired) electrons. The number of nitrogens with one attached hydrogen (secondary N) is 1. The van der Waals surface area contributed by atoms with Crippen molar-refractivity contribution >= 4 is 16.6 Å². The fraction of sp³-hybridized carbons (Fsp3) is 0.318. The molecule has 0 amide bonds. The van der Waals surface area contributed by atoms with Gasteiger partial charge in [0.15, 0.2) is 11.5 Å². The van der Waals surface area contributed by atoms with Crippen LogP contribution in [0.3, 0.4) is 0 Å². The molecule has 6 heteroatoms. The van der Waals surface area contributed by atoms with Gasteiger partial charge in [-0.3, -0.25) is 4.98 Å². The zero-order chi connectivity index (χ0) is 20.1. The van der Waals surface area contributed by atoms with Crippen LogP contribution in [0.25, 0.3) is 10.9 Å². The van der Waals surface area contributed by atoms with Crippen molar-refractivity contribution in [2.24, 2.45) is 5.73 Å². The third-order valence-electron chi connectivity index (χ3n) is 4.53. The van der Waals surface area contributed by atoms with Gasteiger partial charge in [-0.05, 0) is 69.6 Å². The number of methoxy groups -OCH3 is 1. The number of aromatic nitrogens is 1. The average Bonchev–Trinajstić information content (AvgIpc) is 2.69. The second-order valence-corrected chi connectivity index (χ2v) is 6.84. The molecule has 0 saturated carbocycles. The first-order chi connectivity index (χ1) is 13.5. The number of hydrogen-bond donors (Lipinski definition) is 2. The number of pyridine rings is 1. The molecule has 0 aliphatic carbocycles. The minimum absolute atomic E-state index is 0.239. The summed E-state index contributed by atoms with van der Waals surface area (Å²) in [5, 5.41) is 4.34. The fourth-order valence-corrected chi connectivity index (χ4v) is 3.09. The molecule has 1 unspecified atom stereocenters. The quantitative estimate of drug-likeness (QED) is 0.571.